The van der Waals surface area contributed by atoms with Gasteiger partial charge in [0, 0.05) is 18.5 Å². The highest BCUT2D eigenvalue weighted by Gasteiger charge is 2.29. The number of hydrogen-bond acceptors (Lipinski definition) is 5. The van der Waals surface area contributed by atoms with Crippen molar-refractivity contribution in [3.63, 3.8) is 0 Å². The first kappa shape index (κ1) is 13.8. The van der Waals surface area contributed by atoms with E-state index in [0.29, 0.717) is 23.9 Å². The molecule has 106 valence electrons. The zero-order valence-corrected chi connectivity index (χ0v) is 11.9. The van der Waals surface area contributed by atoms with E-state index in [0.717, 1.165) is 24.3 Å². The maximum Gasteiger partial charge on any atom is 0.203 e. The molecule has 1 aliphatic heterocycles. The van der Waals surface area contributed by atoms with Gasteiger partial charge >= 0.3 is 0 Å². The van der Waals surface area contributed by atoms with Gasteiger partial charge in [0.25, 0.3) is 0 Å². The van der Waals surface area contributed by atoms with Crippen LogP contribution in [0.1, 0.15) is 24.9 Å². The number of benzene rings is 1. The van der Waals surface area contributed by atoms with Crippen LogP contribution in [0.4, 0.5) is 0 Å². The van der Waals surface area contributed by atoms with Crippen molar-refractivity contribution < 1.29 is 18.9 Å². The Bertz CT molecular complexity index is 448. The summed E-state index contributed by atoms with van der Waals surface area (Å²) in [6.07, 6.45) is 0.909. The molecule has 1 unspecified atom stereocenters. The highest BCUT2D eigenvalue weighted by molar-refractivity contribution is 5.63. The highest BCUT2D eigenvalue weighted by atomic mass is 16.5. The number of ether oxygens (including phenoxy) is 4. The summed E-state index contributed by atoms with van der Waals surface area (Å²) in [6, 6.07) is 2.07. The number of nitrogens with one attached hydrogen (secondary N) is 1. The molecule has 19 heavy (non-hydrogen) atoms. The number of fused-ring (bicyclic) bond motifs is 1. The molecule has 1 aromatic rings. The molecule has 0 fully saturated rings. The third kappa shape index (κ3) is 2.42. The Hall–Kier alpha value is -1.62. The summed E-state index contributed by atoms with van der Waals surface area (Å²) in [5.74, 6) is 2.71. The Kier molecular flexibility index (Phi) is 4.37. The lowest BCUT2D eigenvalue weighted by Crippen LogP contribution is -2.27. The van der Waals surface area contributed by atoms with Gasteiger partial charge in [0.05, 0.1) is 33.5 Å². The fraction of sp³-hybridized carbons (Fsp3) is 0.571. The van der Waals surface area contributed by atoms with E-state index in [4.69, 9.17) is 18.9 Å². The summed E-state index contributed by atoms with van der Waals surface area (Å²) in [6.45, 7) is 3.66. The summed E-state index contributed by atoms with van der Waals surface area (Å²) < 4.78 is 22.0. The molecule has 1 N–H and O–H groups in total. The second-order valence-corrected chi connectivity index (χ2v) is 4.30. The Labute approximate surface area is 113 Å². The van der Waals surface area contributed by atoms with Crippen molar-refractivity contribution in [2.45, 2.75) is 19.4 Å². The van der Waals surface area contributed by atoms with E-state index in [2.05, 4.69) is 12.2 Å². The van der Waals surface area contributed by atoms with Gasteiger partial charge < -0.3 is 24.3 Å². The van der Waals surface area contributed by atoms with Crippen molar-refractivity contribution in [1.29, 1.82) is 0 Å². The van der Waals surface area contributed by atoms with Crippen LogP contribution in [0.3, 0.4) is 0 Å². The molecule has 0 bridgehead atoms. The number of rotatable bonds is 5. The van der Waals surface area contributed by atoms with Gasteiger partial charge in [-0.2, -0.15) is 0 Å². The van der Waals surface area contributed by atoms with Crippen LogP contribution in [-0.4, -0.2) is 34.5 Å². The summed E-state index contributed by atoms with van der Waals surface area (Å²) >= 11 is 0. The van der Waals surface area contributed by atoms with Crippen LogP contribution in [0.15, 0.2) is 6.07 Å². The predicted octanol–water partition coefficient (Wildman–Crippen LogP) is 2.15. The van der Waals surface area contributed by atoms with Crippen LogP contribution in [-0.2, 0) is 0 Å². The van der Waals surface area contributed by atoms with E-state index < -0.39 is 0 Å². The molecule has 5 heteroatoms. The second kappa shape index (κ2) is 6.02. The Morgan fingerprint density at radius 2 is 1.95 bits per heavy atom. The largest absolute Gasteiger partial charge is 0.493 e. The minimum atomic E-state index is 0.212. The molecule has 1 aliphatic rings. The number of hydrogen-bond donors (Lipinski definition) is 1. The number of methoxy groups -OCH3 is 3. The fourth-order valence-electron chi connectivity index (χ4n) is 2.49. The lowest BCUT2D eigenvalue weighted by atomic mass is 9.98. The minimum Gasteiger partial charge on any atom is -0.493 e. The molecular weight excluding hydrogens is 246 g/mol. The third-order valence-electron chi connectivity index (χ3n) is 3.29. The van der Waals surface area contributed by atoms with Gasteiger partial charge in [-0.1, -0.05) is 6.92 Å². The van der Waals surface area contributed by atoms with E-state index in [1.54, 1.807) is 21.3 Å². The molecule has 0 aliphatic carbocycles. The zero-order valence-electron chi connectivity index (χ0n) is 11.9. The van der Waals surface area contributed by atoms with Crippen molar-refractivity contribution in [3.8, 4) is 23.0 Å². The van der Waals surface area contributed by atoms with Crippen LogP contribution in [0.5, 0.6) is 23.0 Å². The molecule has 0 amide bonds. The van der Waals surface area contributed by atoms with Gasteiger partial charge in [0.1, 0.15) is 5.75 Å². The Morgan fingerprint density at radius 1 is 1.21 bits per heavy atom. The quantitative estimate of drug-likeness (QED) is 0.885. The average Bonchev–Trinajstić information content (AvgIpc) is 2.45. The molecule has 0 radical (unpaired) electrons. The summed E-state index contributed by atoms with van der Waals surface area (Å²) in [5.41, 5.74) is 1.01. The standard InChI is InChI=1S/C14H21NO4/c1-5-15-9-6-7-19-10-8-11(16-2)13(17-3)14(18-4)12(9)10/h8-9,15H,5-7H2,1-4H3. The topological polar surface area (TPSA) is 49.0 Å². The fourth-order valence-corrected chi connectivity index (χ4v) is 2.49. The zero-order chi connectivity index (χ0) is 13.8. The van der Waals surface area contributed by atoms with Gasteiger partial charge in [0.15, 0.2) is 11.5 Å². The highest BCUT2D eigenvalue weighted by Crippen LogP contribution is 2.49. The minimum absolute atomic E-state index is 0.212. The normalized spacial score (nSPS) is 17.4. The first-order valence-electron chi connectivity index (χ1n) is 6.45. The van der Waals surface area contributed by atoms with E-state index in [1.165, 1.54) is 0 Å². The molecule has 0 spiro atoms. The average molecular weight is 267 g/mol. The van der Waals surface area contributed by atoms with Gasteiger partial charge in [-0.3, -0.25) is 0 Å². The van der Waals surface area contributed by atoms with E-state index in [1.807, 2.05) is 6.07 Å². The molecule has 0 saturated carbocycles. The lowest BCUT2D eigenvalue weighted by Gasteiger charge is -2.29. The molecule has 1 heterocycles. The molecule has 2 rings (SSSR count). The van der Waals surface area contributed by atoms with Crippen LogP contribution in [0.2, 0.25) is 0 Å². The molecular formula is C14H21NO4. The van der Waals surface area contributed by atoms with Gasteiger partial charge in [-0.15, -0.1) is 0 Å². The SMILES string of the molecule is CCNC1CCOc2cc(OC)c(OC)c(OC)c21. The summed E-state index contributed by atoms with van der Waals surface area (Å²) in [5, 5.41) is 3.45. The van der Waals surface area contributed by atoms with Crippen molar-refractivity contribution in [1.82, 2.24) is 5.32 Å². The van der Waals surface area contributed by atoms with Crippen LogP contribution >= 0.6 is 0 Å². The lowest BCUT2D eigenvalue weighted by molar-refractivity contribution is 0.240. The van der Waals surface area contributed by atoms with E-state index in [-0.39, 0.29) is 6.04 Å². The Balaban J connectivity index is 2.58. The van der Waals surface area contributed by atoms with Gasteiger partial charge in [-0.25, -0.2) is 0 Å². The van der Waals surface area contributed by atoms with Crippen molar-refractivity contribution in [3.05, 3.63) is 11.6 Å². The van der Waals surface area contributed by atoms with Crippen LogP contribution in [0, 0.1) is 0 Å². The molecule has 1 atom stereocenters. The van der Waals surface area contributed by atoms with E-state index >= 15 is 0 Å². The maximum absolute atomic E-state index is 5.73. The van der Waals surface area contributed by atoms with Crippen molar-refractivity contribution in [2.24, 2.45) is 0 Å². The monoisotopic (exact) mass is 267 g/mol. The van der Waals surface area contributed by atoms with Crippen LogP contribution in [0.25, 0.3) is 0 Å². The van der Waals surface area contributed by atoms with E-state index in [9.17, 15) is 0 Å². The molecule has 0 saturated heterocycles. The predicted molar refractivity (Wildman–Crippen MR) is 72.6 cm³/mol. The first-order chi connectivity index (χ1) is 9.26. The molecule has 0 aromatic heterocycles. The summed E-state index contributed by atoms with van der Waals surface area (Å²) in [7, 11) is 4.85. The molecule has 1 aromatic carbocycles. The summed E-state index contributed by atoms with van der Waals surface area (Å²) in [4.78, 5) is 0. The van der Waals surface area contributed by atoms with Crippen molar-refractivity contribution >= 4 is 0 Å². The molecule has 5 nitrogen and oxygen atoms in total. The maximum atomic E-state index is 5.73. The van der Waals surface area contributed by atoms with Gasteiger partial charge in [-0.05, 0) is 6.54 Å². The van der Waals surface area contributed by atoms with Crippen molar-refractivity contribution in [2.75, 3.05) is 34.5 Å². The van der Waals surface area contributed by atoms with Gasteiger partial charge in [0.2, 0.25) is 5.75 Å². The second-order valence-electron chi connectivity index (χ2n) is 4.30. The van der Waals surface area contributed by atoms with Crippen LogP contribution < -0.4 is 24.3 Å². The Morgan fingerprint density at radius 3 is 2.53 bits per heavy atom. The third-order valence-corrected chi connectivity index (χ3v) is 3.29. The smallest absolute Gasteiger partial charge is 0.203 e. The first-order valence-corrected chi connectivity index (χ1v) is 6.45.